The van der Waals surface area contributed by atoms with Crippen molar-refractivity contribution in [3.8, 4) is 11.3 Å². The Bertz CT molecular complexity index is 1350. The van der Waals surface area contributed by atoms with E-state index in [1.807, 2.05) is 84.4 Å². The van der Waals surface area contributed by atoms with Crippen molar-refractivity contribution in [1.82, 2.24) is 15.1 Å². The number of nitrogens with zero attached hydrogens (tertiary/aromatic N) is 3. The zero-order valence-corrected chi connectivity index (χ0v) is 20.1. The Morgan fingerprint density at radius 2 is 1.74 bits per heavy atom. The number of aromatic nitrogens is 2. The van der Waals surface area contributed by atoms with Crippen LogP contribution in [0.5, 0.6) is 0 Å². The molecule has 0 saturated carbocycles. The average Bonchev–Trinajstić information content (AvgIpc) is 3.32. The Morgan fingerprint density at radius 3 is 2.46 bits per heavy atom. The molecule has 2 heterocycles. The molecule has 0 fully saturated rings. The van der Waals surface area contributed by atoms with Gasteiger partial charge in [-0.15, -0.1) is 0 Å². The summed E-state index contributed by atoms with van der Waals surface area (Å²) in [7, 11) is 0. The quantitative estimate of drug-likeness (QED) is 0.385. The van der Waals surface area contributed by atoms with Crippen LogP contribution in [0.1, 0.15) is 40.9 Å². The minimum atomic E-state index is -0.132. The maximum atomic E-state index is 12.8. The second-order valence-corrected chi connectivity index (χ2v) is 9.09. The van der Waals surface area contributed by atoms with Crippen molar-refractivity contribution in [2.24, 2.45) is 0 Å². The fraction of sp³-hybridized carbons (Fsp3) is 0.179. The van der Waals surface area contributed by atoms with Gasteiger partial charge in [-0.2, -0.15) is 5.10 Å². The zero-order valence-electron chi connectivity index (χ0n) is 19.3. The van der Waals surface area contributed by atoms with E-state index in [4.69, 9.17) is 16.7 Å². The van der Waals surface area contributed by atoms with Gasteiger partial charge in [0.2, 0.25) is 5.91 Å². The molecule has 3 aromatic carbocycles. The maximum absolute atomic E-state index is 12.8. The number of anilines is 1. The summed E-state index contributed by atoms with van der Waals surface area (Å²) in [6, 6.07) is 26.6. The molecule has 1 aromatic heterocycles. The summed E-state index contributed by atoms with van der Waals surface area (Å²) in [5.41, 5.74) is 4.32. The van der Waals surface area contributed by atoms with Gasteiger partial charge in [-0.3, -0.25) is 14.5 Å². The Kier molecular flexibility index (Phi) is 6.38. The molecule has 0 unspecified atom stereocenters. The molecule has 0 spiro atoms. The number of amides is 2. The van der Waals surface area contributed by atoms with Gasteiger partial charge < -0.3 is 5.32 Å². The normalized spacial score (nSPS) is 13.9. The smallest absolute Gasteiger partial charge is 0.251 e. The molecule has 35 heavy (non-hydrogen) atoms. The van der Waals surface area contributed by atoms with Crippen molar-refractivity contribution in [2.45, 2.75) is 32.5 Å². The van der Waals surface area contributed by atoms with E-state index < -0.39 is 0 Å². The molecule has 0 saturated heterocycles. The lowest BCUT2D eigenvalue weighted by Gasteiger charge is -2.27. The highest BCUT2D eigenvalue weighted by Gasteiger charge is 2.26. The standard InChI is InChI=1S/C28H25ClN4O2/c1-19(21-5-3-2-4-6-21)30-28(35)23-9-7-20(8-10-23)18-32-26-17-25(22-11-13-24(29)14-12-22)31-33(26)16-15-27(32)34/h2-14,17,19H,15-16,18H2,1H3,(H,30,35)/t19-/m1/s1. The Morgan fingerprint density at radius 1 is 1.03 bits per heavy atom. The third kappa shape index (κ3) is 4.98. The molecule has 4 aromatic rings. The van der Waals surface area contributed by atoms with E-state index in [1.165, 1.54) is 0 Å². The number of rotatable bonds is 6. The minimum Gasteiger partial charge on any atom is -0.346 e. The van der Waals surface area contributed by atoms with Crippen molar-refractivity contribution in [2.75, 3.05) is 4.90 Å². The van der Waals surface area contributed by atoms with E-state index >= 15 is 0 Å². The van der Waals surface area contributed by atoms with E-state index in [0.29, 0.717) is 30.1 Å². The third-order valence-electron chi connectivity index (χ3n) is 6.22. The molecule has 6 nitrogen and oxygen atoms in total. The number of carbonyl (C=O) groups is 2. The molecule has 5 rings (SSSR count). The number of aryl methyl sites for hydroxylation is 1. The molecule has 1 N–H and O–H groups in total. The molecule has 7 heteroatoms. The van der Waals surface area contributed by atoms with Gasteiger partial charge in [0.25, 0.3) is 5.91 Å². The largest absolute Gasteiger partial charge is 0.346 e. The number of hydrogen-bond acceptors (Lipinski definition) is 3. The first-order valence-electron chi connectivity index (χ1n) is 11.6. The van der Waals surface area contributed by atoms with Gasteiger partial charge >= 0.3 is 0 Å². The topological polar surface area (TPSA) is 67.2 Å². The Labute approximate surface area is 209 Å². The molecule has 176 valence electrons. The maximum Gasteiger partial charge on any atom is 0.251 e. The molecule has 1 aliphatic rings. The van der Waals surface area contributed by atoms with Crippen molar-refractivity contribution < 1.29 is 9.59 Å². The zero-order chi connectivity index (χ0) is 24.4. The van der Waals surface area contributed by atoms with Gasteiger partial charge in [0.15, 0.2) is 0 Å². The van der Waals surface area contributed by atoms with Crippen LogP contribution in [0.15, 0.2) is 84.9 Å². The first-order valence-corrected chi connectivity index (χ1v) is 11.9. The molecule has 2 amide bonds. The van der Waals surface area contributed by atoms with Crippen LogP contribution >= 0.6 is 11.6 Å². The van der Waals surface area contributed by atoms with Gasteiger partial charge in [-0.05, 0) is 42.3 Å². The molecule has 1 atom stereocenters. The average molecular weight is 485 g/mol. The van der Waals surface area contributed by atoms with E-state index in [1.54, 1.807) is 17.0 Å². The number of nitrogens with one attached hydrogen (secondary N) is 1. The predicted octanol–water partition coefficient (Wildman–Crippen LogP) is 5.63. The first kappa shape index (κ1) is 22.9. The van der Waals surface area contributed by atoms with Crippen molar-refractivity contribution in [3.05, 3.63) is 107 Å². The van der Waals surface area contributed by atoms with Crippen LogP contribution in [-0.4, -0.2) is 21.6 Å². The second-order valence-electron chi connectivity index (χ2n) is 8.65. The number of carbonyl (C=O) groups excluding carboxylic acids is 2. The van der Waals surface area contributed by atoms with Gasteiger partial charge in [-0.1, -0.05) is 66.2 Å². The molecule has 0 bridgehead atoms. The van der Waals surface area contributed by atoms with Crippen molar-refractivity contribution >= 4 is 29.2 Å². The van der Waals surface area contributed by atoms with Gasteiger partial charge in [-0.25, -0.2) is 4.68 Å². The summed E-state index contributed by atoms with van der Waals surface area (Å²) in [4.78, 5) is 27.2. The highest BCUT2D eigenvalue weighted by atomic mass is 35.5. The fourth-order valence-electron chi connectivity index (χ4n) is 4.23. The SMILES string of the molecule is C[C@@H](NC(=O)c1ccc(CN2C(=O)CCn3nc(-c4ccc(Cl)cc4)cc32)cc1)c1ccccc1. The predicted molar refractivity (Wildman–Crippen MR) is 137 cm³/mol. The van der Waals surface area contributed by atoms with Gasteiger partial charge in [0.05, 0.1) is 24.8 Å². The number of benzene rings is 3. The monoisotopic (exact) mass is 484 g/mol. The fourth-order valence-corrected chi connectivity index (χ4v) is 4.36. The van der Waals surface area contributed by atoms with Crippen LogP contribution in [0.4, 0.5) is 5.82 Å². The summed E-state index contributed by atoms with van der Waals surface area (Å²) in [6.07, 6.45) is 0.395. The summed E-state index contributed by atoms with van der Waals surface area (Å²) >= 11 is 6.01. The summed E-state index contributed by atoms with van der Waals surface area (Å²) in [6.45, 7) is 2.93. The van der Waals surface area contributed by atoms with Crippen LogP contribution < -0.4 is 10.2 Å². The van der Waals surface area contributed by atoms with E-state index in [9.17, 15) is 9.59 Å². The number of fused-ring (bicyclic) bond motifs is 1. The molecule has 0 aliphatic carbocycles. The van der Waals surface area contributed by atoms with Crippen LogP contribution in [-0.2, 0) is 17.9 Å². The summed E-state index contributed by atoms with van der Waals surface area (Å²) < 4.78 is 1.87. The minimum absolute atomic E-state index is 0.0542. The lowest BCUT2D eigenvalue weighted by Crippen LogP contribution is -2.36. The summed E-state index contributed by atoms with van der Waals surface area (Å²) in [5, 5.41) is 8.39. The van der Waals surface area contributed by atoms with E-state index in [-0.39, 0.29) is 17.9 Å². The number of hydrogen-bond donors (Lipinski definition) is 1. The number of halogens is 1. The summed E-state index contributed by atoms with van der Waals surface area (Å²) in [5.74, 6) is 0.691. The van der Waals surface area contributed by atoms with Crippen LogP contribution in [0.3, 0.4) is 0 Å². The molecule has 0 radical (unpaired) electrons. The lowest BCUT2D eigenvalue weighted by atomic mass is 10.1. The Hall–Kier alpha value is -3.90. The van der Waals surface area contributed by atoms with Crippen molar-refractivity contribution in [3.63, 3.8) is 0 Å². The van der Waals surface area contributed by atoms with Crippen molar-refractivity contribution in [1.29, 1.82) is 0 Å². The van der Waals surface area contributed by atoms with Crippen LogP contribution in [0, 0.1) is 0 Å². The van der Waals surface area contributed by atoms with Crippen LogP contribution in [0.25, 0.3) is 11.3 Å². The molecular formula is C28H25ClN4O2. The van der Waals surface area contributed by atoms with Crippen LogP contribution in [0.2, 0.25) is 5.02 Å². The lowest BCUT2D eigenvalue weighted by molar-refractivity contribution is -0.119. The second kappa shape index (κ2) is 9.76. The van der Waals surface area contributed by atoms with Gasteiger partial charge in [0, 0.05) is 28.6 Å². The van der Waals surface area contributed by atoms with Gasteiger partial charge in [0.1, 0.15) is 5.82 Å². The highest BCUT2D eigenvalue weighted by molar-refractivity contribution is 6.30. The Balaban J connectivity index is 1.30. The first-order chi connectivity index (χ1) is 17.0. The van der Waals surface area contributed by atoms with E-state index in [2.05, 4.69) is 5.32 Å². The molecule has 1 aliphatic heterocycles. The third-order valence-corrected chi connectivity index (χ3v) is 6.47. The van der Waals surface area contributed by atoms with E-state index in [0.717, 1.165) is 28.2 Å². The molecular weight excluding hydrogens is 460 g/mol. The highest BCUT2D eigenvalue weighted by Crippen LogP contribution is 2.30.